The fourth-order valence-electron chi connectivity index (χ4n) is 4.66. The van der Waals surface area contributed by atoms with Crippen LogP contribution in [-0.4, -0.2) is 55.7 Å². The summed E-state index contributed by atoms with van der Waals surface area (Å²) in [6.07, 6.45) is 1.58. The second kappa shape index (κ2) is 9.47. The molecule has 9 heteroatoms. The average Bonchev–Trinajstić information content (AvgIpc) is 3.61. The minimum atomic E-state index is -0.192. The fourth-order valence-corrected chi connectivity index (χ4v) is 6.01. The van der Waals surface area contributed by atoms with Gasteiger partial charge in [-0.3, -0.25) is 9.80 Å². The minimum Gasteiger partial charge on any atom is -0.492 e. The third-order valence-electron chi connectivity index (χ3n) is 6.41. The summed E-state index contributed by atoms with van der Waals surface area (Å²) in [7, 11) is 0. The zero-order valence-electron chi connectivity index (χ0n) is 18.9. The van der Waals surface area contributed by atoms with Crippen molar-refractivity contribution in [2.45, 2.75) is 12.6 Å². The topological polar surface area (TPSA) is 70.0 Å². The summed E-state index contributed by atoms with van der Waals surface area (Å²) in [6.45, 7) is 4.50. The van der Waals surface area contributed by atoms with E-state index in [-0.39, 0.29) is 11.9 Å². The molecule has 0 bridgehead atoms. The number of nitrogens with zero attached hydrogens (tertiary/aromatic N) is 5. The maximum atomic E-state index is 11.3. The van der Waals surface area contributed by atoms with Crippen molar-refractivity contribution in [1.82, 2.24) is 24.4 Å². The second-order valence-electron chi connectivity index (χ2n) is 8.62. The van der Waals surface area contributed by atoms with Crippen LogP contribution < -0.4 is 0 Å². The molecule has 0 aliphatic carbocycles. The number of aromatic hydroxyl groups is 1. The molecule has 1 N–H and O–H groups in total. The van der Waals surface area contributed by atoms with E-state index in [0.29, 0.717) is 21.6 Å². The van der Waals surface area contributed by atoms with Crippen LogP contribution in [0.2, 0.25) is 5.02 Å². The van der Waals surface area contributed by atoms with Gasteiger partial charge in [-0.25, -0.2) is 0 Å². The standard InChI is InChI=1S/C26H24ClN5O2S/c27-20-10-5-4-9-19(20)22(31-14-12-30(13-15-31)17-18-7-2-1-3-8-18)23-25(33)32-26(35-23)28-24(29-32)21-11-6-16-34-21/h1-11,16,22,33H,12-15,17H2/t22-/m1/s1. The van der Waals surface area contributed by atoms with Crippen molar-refractivity contribution in [3.05, 3.63) is 94.0 Å². The van der Waals surface area contributed by atoms with E-state index in [0.717, 1.165) is 43.2 Å². The average molecular weight is 506 g/mol. The quantitative estimate of drug-likeness (QED) is 0.337. The minimum absolute atomic E-state index is 0.0898. The second-order valence-corrected chi connectivity index (χ2v) is 10.0. The van der Waals surface area contributed by atoms with Crippen LogP contribution in [0.4, 0.5) is 0 Å². The van der Waals surface area contributed by atoms with Crippen LogP contribution in [0.15, 0.2) is 77.4 Å². The number of halogens is 1. The predicted octanol–water partition coefficient (Wildman–Crippen LogP) is 5.32. The lowest BCUT2D eigenvalue weighted by molar-refractivity contribution is 0.105. The van der Waals surface area contributed by atoms with Crippen molar-refractivity contribution in [2.24, 2.45) is 0 Å². The van der Waals surface area contributed by atoms with Gasteiger partial charge < -0.3 is 9.52 Å². The van der Waals surface area contributed by atoms with Crippen LogP contribution in [0.25, 0.3) is 16.5 Å². The lowest BCUT2D eigenvalue weighted by Crippen LogP contribution is -2.47. The Hall–Kier alpha value is -3.17. The SMILES string of the molecule is Oc1c([C@@H](c2ccccc2Cl)N2CCN(Cc3ccccc3)CC2)sc2nc(-c3ccco3)nn12. The Bertz CT molecular complexity index is 1430. The molecule has 5 aromatic rings. The van der Waals surface area contributed by atoms with Crippen molar-refractivity contribution in [3.63, 3.8) is 0 Å². The molecule has 1 fully saturated rings. The molecule has 1 atom stereocenters. The van der Waals surface area contributed by atoms with E-state index < -0.39 is 0 Å². The fraction of sp³-hybridized carbons (Fsp3) is 0.231. The number of aromatic nitrogens is 3. The van der Waals surface area contributed by atoms with Crippen LogP contribution in [0.5, 0.6) is 5.88 Å². The van der Waals surface area contributed by atoms with Crippen LogP contribution in [0.1, 0.15) is 22.0 Å². The summed E-state index contributed by atoms with van der Waals surface area (Å²) in [5.41, 5.74) is 2.29. The largest absolute Gasteiger partial charge is 0.492 e. The number of hydrogen-bond donors (Lipinski definition) is 1. The molecule has 0 amide bonds. The van der Waals surface area contributed by atoms with Crippen molar-refractivity contribution in [2.75, 3.05) is 26.2 Å². The lowest BCUT2D eigenvalue weighted by Gasteiger charge is -2.39. The van der Waals surface area contributed by atoms with Gasteiger partial charge in [0.25, 0.3) is 0 Å². The first kappa shape index (κ1) is 22.3. The van der Waals surface area contributed by atoms with Gasteiger partial charge in [0, 0.05) is 37.7 Å². The zero-order chi connectivity index (χ0) is 23.8. The Kier molecular flexibility index (Phi) is 6.03. The van der Waals surface area contributed by atoms with Gasteiger partial charge in [-0.15, -0.1) is 5.10 Å². The first-order valence-electron chi connectivity index (χ1n) is 11.5. The summed E-state index contributed by atoms with van der Waals surface area (Å²) >= 11 is 8.11. The molecule has 1 saturated heterocycles. The summed E-state index contributed by atoms with van der Waals surface area (Å²) in [5.74, 6) is 1.11. The van der Waals surface area contributed by atoms with E-state index in [1.165, 1.54) is 21.4 Å². The normalized spacial score (nSPS) is 16.1. The van der Waals surface area contributed by atoms with Crippen molar-refractivity contribution in [3.8, 4) is 17.5 Å². The Morgan fingerprint density at radius 2 is 1.74 bits per heavy atom. The summed E-state index contributed by atoms with van der Waals surface area (Å²) < 4.78 is 6.92. The number of furan rings is 1. The van der Waals surface area contributed by atoms with Gasteiger partial charge in [-0.1, -0.05) is 71.5 Å². The van der Waals surface area contributed by atoms with Crippen molar-refractivity contribution < 1.29 is 9.52 Å². The number of hydrogen-bond acceptors (Lipinski definition) is 7. The molecule has 3 aromatic heterocycles. The monoisotopic (exact) mass is 505 g/mol. The number of rotatable bonds is 6. The van der Waals surface area contributed by atoms with E-state index in [9.17, 15) is 5.11 Å². The predicted molar refractivity (Wildman–Crippen MR) is 137 cm³/mol. The van der Waals surface area contributed by atoms with E-state index in [2.05, 4.69) is 44.1 Å². The summed E-state index contributed by atoms with van der Waals surface area (Å²) in [6, 6.07) is 21.8. The van der Waals surface area contributed by atoms with Gasteiger partial charge in [-0.05, 0) is 29.3 Å². The first-order valence-corrected chi connectivity index (χ1v) is 12.7. The first-order chi connectivity index (χ1) is 17.2. The van der Waals surface area contributed by atoms with Gasteiger partial charge in [0.05, 0.1) is 17.2 Å². The molecule has 6 rings (SSSR count). The third-order valence-corrected chi connectivity index (χ3v) is 7.83. The van der Waals surface area contributed by atoms with Crippen molar-refractivity contribution in [1.29, 1.82) is 0 Å². The molecule has 0 unspecified atom stereocenters. The number of fused-ring (bicyclic) bond motifs is 1. The van der Waals surface area contributed by atoms with Crippen LogP contribution in [0, 0.1) is 0 Å². The Morgan fingerprint density at radius 3 is 2.46 bits per heavy atom. The van der Waals surface area contributed by atoms with E-state index >= 15 is 0 Å². The highest BCUT2D eigenvalue weighted by Crippen LogP contribution is 2.42. The van der Waals surface area contributed by atoms with Crippen LogP contribution in [-0.2, 0) is 6.54 Å². The smallest absolute Gasteiger partial charge is 0.230 e. The zero-order valence-corrected chi connectivity index (χ0v) is 20.5. The lowest BCUT2D eigenvalue weighted by atomic mass is 10.0. The molecule has 35 heavy (non-hydrogen) atoms. The van der Waals surface area contributed by atoms with Gasteiger partial charge in [0.2, 0.25) is 16.7 Å². The molecular formula is C26H24ClN5O2S. The van der Waals surface area contributed by atoms with Crippen LogP contribution in [0.3, 0.4) is 0 Å². The molecule has 1 aliphatic heterocycles. The highest BCUT2D eigenvalue weighted by molar-refractivity contribution is 7.17. The van der Waals surface area contributed by atoms with E-state index in [1.54, 1.807) is 18.4 Å². The maximum Gasteiger partial charge on any atom is 0.230 e. The molecule has 0 saturated carbocycles. The molecule has 0 radical (unpaired) electrons. The highest BCUT2D eigenvalue weighted by Gasteiger charge is 2.33. The van der Waals surface area contributed by atoms with Gasteiger partial charge in [0.1, 0.15) is 0 Å². The molecule has 0 spiro atoms. The molecule has 2 aromatic carbocycles. The summed E-state index contributed by atoms with van der Waals surface area (Å²) in [5, 5.41) is 16.4. The van der Waals surface area contributed by atoms with E-state index in [1.807, 2.05) is 30.3 Å². The maximum absolute atomic E-state index is 11.3. The molecule has 178 valence electrons. The number of piperazine rings is 1. The number of thiazole rings is 1. The number of benzene rings is 2. The Morgan fingerprint density at radius 1 is 0.971 bits per heavy atom. The van der Waals surface area contributed by atoms with Gasteiger partial charge in [-0.2, -0.15) is 9.50 Å². The van der Waals surface area contributed by atoms with Crippen LogP contribution >= 0.6 is 22.9 Å². The Balaban J connectivity index is 1.31. The highest BCUT2D eigenvalue weighted by atomic mass is 35.5. The Labute approximate surface area is 211 Å². The molecular weight excluding hydrogens is 482 g/mol. The molecule has 7 nitrogen and oxygen atoms in total. The third kappa shape index (κ3) is 4.34. The molecule has 1 aliphatic rings. The van der Waals surface area contributed by atoms with E-state index in [4.69, 9.17) is 16.0 Å². The van der Waals surface area contributed by atoms with Gasteiger partial charge >= 0.3 is 0 Å². The van der Waals surface area contributed by atoms with Crippen molar-refractivity contribution >= 4 is 27.9 Å². The summed E-state index contributed by atoms with van der Waals surface area (Å²) in [4.78, 5) is 10.9. The van der Waals surface area contributed by atoms with Gasteiger partial charge in [0.15, 0.2) is 5.76 Å². The molecule has 4 heterocycles.